The predicted octanol–water partition coefficient (Wildman–Crippen LogP) is 3.15. The zero-order valence-corrected chi connectivity index (χ0v) is 11.2. The lowest BCUT2D eigenvalue weighted by Crippen LogP contribution is -2.12. The van der Waals surface area contributed by atoms with E-state index in [0.29, 0.717) is 5.88 Å². The second kappa shape index (κ2) is 4.87. The molecule has 0 saturated heterocycles. The van der Waals surface area contributed by atoms with Crippen LogP contribution in [0.5, 0.6) is 5.88 Å². The number of fused-ring (bicyclic) bond motifs is 1. The quantitative estimate of drug-likeness (QED) is 0.906. The Bertz CT molecular complexity index is 524. The number of hydrogen-bond acceptors (Lipinski definition) is 5. The Hall–Kier alpha value is -1.36. The highest BCUT2D eigenvalue weighted by molar-refractivity contribution is 7.18. The number of ether oxygens (including phenoxy) is 1. The summed E-state index contributed by atoms with van der Waals surface area (Å²) in [4.78, 5) is 10.5. The van der Waals surface area contributed by atoms with Crippen LogP contribution in [0.25, 0.3) is 10.2 Å². The number of thiophene rings is 1. The van der Waals surface area contributed by atoms with Crippen molar-refractivity contribution >= 4 is 27.5 Å². The molecule has 0 fully saturated rings. The number of rotatable bonds is 4. The Kier molecular flexibility index (Phi) is 3.47. The lowest BCUT2D eigenvalue weighted by Gasteiger charge is -2.13. The van der Waals surface area contributed by atoms with Gasteiger partial charge in [-0.1, -0.05) is 13.3 Å². The summed E-state index contributed by atoms with van der Waals surface area (Å²) in [7, 11) is 0. The number of nitrogens with two attached hydrogens (primary N) is 1. The SMILES string of the molecule is CCCC(C)Oc1nc(N)nc2sc(C)cc12. The van der Waals surface area contributed by atoms with Gasteiger partial charge in [0.1, 0.15) is 4.83 Å². The Balaban J connectivity index is 2.37. The highest BCUT2D eigenvalue weighted by Crippen LogP contribution is 2.31. The van der Waals surface area contributed by atoms with Crippen molar-refractivity contribution in [2.75, 3.05) is 5.73 Å². The Morgan fingerprint density at radius 1 is 1.47 bits per heavy atom. The second-order valence-electron chi connectivity index (χ2n) is 4.18. The highest BCUT2D eigenvalue weighted by atomic mass is 32.1. The van der Waals surface area contributed by atoms with Gasteiger partial charge in [0.05, 0.1) is 11.5 Å². The molecule has 0 amide bonds. The molecule has 0 aliphatic heterocycles. The standard InChI is InChI=1S/C12H17N3OS/c1-4-5-7(2)16-10-9-6-8(3)17-11(9)15-12(13)14-10/h6-7H,4-5H2,1-3H3,(H2,13,14,15). The van der Waals surface area contributed by atoms with E-state index in [1.807, 2.05) is 19.9 Å². The fraction of sp³-hybridized carbons (Fsp3) is 0.500. The maximum Gasteiger partial charge on any atom is 0.227 e. The molecule has 5 heteroatoms. The molecule has 17 heavy (non-hydrogen) atoms. The minimum absolute atomic E-state index is 0.151. The topological polar surface area (TPSA) is 61.0 Å². The zero-order chi connectivity index (χ0) is 12.4. The Morgan fingerprint density at radius 2 is 2.24 bits per heavy atom. The number of nitrogen functional groups attached to an aromatic ring is 1. The van der Waals surface area contributed by atoms with E-state index in [9.17, 15) is 0 Å². The average Bonchev–Trinajstić information content (AvgIpc) is 2.58. The minimum Gasteiger partial charge on any atom is -0.474 e. The molecule has 92 valence electrons. The van der Waals surface area contributed by atoms with Crippen LogP contribution in [0.15, 0.2) is 6.07 Å². The molecule has 0 aromatic carbocycles. The first-order chi connectivity index (χ1) is 8.10. The van der Waals surface area contributed by atoms with Crippen molar-refractivity contribution in [3.05, 3.63) is 10.9 Å². The number of nitrogens with zero attached hydrogens (tertiary/aromatic N) is 2. The van der Waals surface area contributed by atoms with Crippen LogP contribution in [0.2, 0.25) is 0 Å². The van der Waals surface area contributed by atoms with Crippen molar-refractivity contribution in [2.24, 2.45) is 0 Å². The summed E-state index contributed by atoms with van der Waals surface area (Å²) in [6.45, 7) is 6.23. The molecule has 0 aliphatic rings. The fourth-order valence-electron chi connectivity index (χ4n) is 1.78. The summed E-state index contributed by atoms with van der Waals surface area (Å²) < 4.78 is 5.84. The van der Waals surface area contributed by atoms with Crippen LogP contribution < -0.4 is 10.5 Å². The average molecular weight is 251 g/mol. The van der Waals surface area contributed by atoms with Gasteiger partial charge >= 0.3 is 0 Å². The third kappa shape index (κ3) is 2.66. The molecule has 0 saturated carbocycles. The van der Waals surface area contributed by atoms with Crippen LogP contribution >= 0.6 is 11.3 Å². The molecule has 0 spiro atoms. The minimum atomic E-state index is 0.151. The lowest BCUT2D eigenvalue weighted by atomic mass is 10.2. The van der Waals surface area contributed by atoms with Gasteiger partial charge in [-0.3, -0.25) is 0 Å². The van der Waals surface area contributed by atoms with Gasteiger partial charge in [-0.05, 0) is 26.3 Å². The summed E-state index contributed by atoms with van der Waals surface area (Å²) >= 11 is 1.61. The first-order valence-corrected chi connectivity index (χ1v) is 6.62. The third-order valence-electron chi connectivity index (χ3n) is 2.51. The summed E-state index contributed by atoms with van der Waals surface area (Å²) in [5.74, 6) is 0.885. The number of aromatic nitrogens is 2. The first-order valence-electron chi connectivity index (χ1n) is 5.80. The Labute approximate surface area is 105 Å². The van der Waals surface area contributed by atoms with E-state index in [1.54, 1.807) is 11.3 Å². The molecule has 0 radical (unpaired) electrons. The van der Waals surface area contributed by atoms with E-state index < -0.39 is 0 Å². The summed E-state index contributed by atoms with van der Waals surface area (Å²) in [6.07, 6.45) is 2.25. The largest absolute Gasteiger partial charge is 0.474 e. The molecule has 2 heterocycles. The molecule has 0 aliphatic carbocycles. The van der Waals surface area contributed by atoms with Gasteiger partial charge in [-0.25, -0.2) is 4.98 Å². The molecule has 4 nitrogen and oxygen atoms in total. The molecule has 1 atom stereocenters. The maximum atomic E-state index is 5.84. The third-order valence-corrected chi connectivity index (χ3v) is 3.45. The van der Waals surface area contributed by atoms with E-state index in [4.69, 9.17) is 10.5 Å². The van der Waals surface area contributed by atoms with E-state index >= 15 is 0 Å². The van der Waals surface area contributed by atoms with Crippen LogP contribution in [0, 0.1) is 6.92 Å². The predicted molar refractivity (Wildman–Crippen MR) is 71.6 cm³/mol. The van der Waals surface area contributed by atoms with Gasteiger partial charge in [0, 0.05) is 4.88 Å². The Morgan fingerprint density at radius 3 is 2.94 bits per heavy atom. The van der Waals surface area contributed by atoms with E-state index in [0.717, 1.165) is 23.1 Å². The van der Waals surface area contributed by atoms with Gasteiger partial charge in [0.25, 0.3) is 0 Å². The van der Waals surface area contributed by atoms with Gasteiger partial charge < -0.3 is 10.5 Å². The maximum absolute atomic E-state index is 5.84. The van der Waals surface area contributed by atoms with Gasteiger partial charge in [0.2, 0.25) is 11.8 Å². The van der Waals surface area contributed by atoms with Crippen molar-refractivity contribution in [3.63, 3.8) is 0 Å². The van der Waals surface area contributed by atoms with Crippen LogP contribution in [0.1, 0.15) is 31.6 Å². The summed E-state index contributed by atoms with van der Waals surface area (Å²) in [5.41, 5.74) is 5.69. The van der Waals surface area contributed by atoms with E-state index in [1.165, 1.54) is 4.88 Å². The molecule has 2 N–H and O–H groups in total. The highest BCUT2D eigenvalue weighted by Gasteiger charge is 2.12. The van der Waals surface area contributed by atoms with Crippen LogP contribution in [0.4, 0.5) is 5.95 Å². The molecular formula is C12H17N3OS. The van der Waals surface area contributed by atoms with Crippen molar-refractivity contribution in [1.82, 2.24) is 9.97 Å². The van der Waals surface area contributed by atoms with Crippen molar-refractivity contribution in [2.45, 2.75) is 39.7 Å². The van der Waals surface area contributed by atoms with Crippen LogP contribution in [-0.4, -0.2) is 16.1 Å². The monoisotopic (exact) mass is 251 g/mol. The molecule has 0 bridgehead atoms. The second-order valence-corrected chi connectivity index (χ2v) is 5.41. The van der Waals surface area contributed by atoms with E-state index in [-0.39, 0.29) is 12.1 Å². The van der Waals surface area contributed by atoms with Gasteiger partial charge in [0.15, 0.2) is 0 Å². The van der Waals surface area contributed by atoms with Crippen LogP contribution in [0.3, 0.4) is 0 Å². The molecule has 2 aromatic rings. The molecule has 2 aromatic heterocycles. The van der Waals surface area contributed by atoms with Crippen molar-refractivity contribution < 1.29 is 4.74 Å². The van der Waals surface area contributed by atoms with Gasteiger partial charge in [-0.2, -0.15) is 4.98 Å². The van der Waals surface area contributed by atoms with Gasteiger partial charge in [-0.15, -0.1) is 11.3 Å². The number of aryl methyl sites for hydroxylation is 1. The first kappa shape index (κ1) is 12.1. The normalized spacial score (nSPS) is 12.9. The fourth-order valence-corrected chi connectivity index (χ4v) is 2.65. The van der Waals surface area contributed by atoms with E-state index in [2.05, 4.69) is 16.9 Å². The molecule has 2 rings (SSSR count). The number of anilines is 1. The lowest BCUT2D eigenvalue weighted by molar-refractivity contribution is 0.204. The summed E-state index contributed by atoms with van der Waals surface area (Å²) in [5, 5.41) is 0.963. The summed E-state index contributed by atoms with van der Waals surface area (Å²) in [6, 6.07) is 2.05. The van der Waals surface area contributed by atoms with Crippen molar-refractivity contribution in [3.8, 4) is 5.88 Å². The molecular weight excluding hydrogens is 234 g/mol. The zero-order valence-electron chi connectivity index (χ0n) is 10.4. The molecule has 1 unspecified atom stereocenters. The number of hydrogen-bond donors (Lipinski definition) is 1. The van der Waals surface area contributed by atoms with Crippen LogP contribution in [-0.2, 0) is 0 Å². The smallest absolute Gasteiger partial charge is 0.227 e. The van der Waals surface area contributed by atoms with Crippen molar-refractivity contribution in [1.29, 1.82) is 0 Å².